The van der Waals surface area contributed by atoms with Crippen molar-refractivity contribution in [3.63, 3.8) is 0 Å². The Labute approximate surface area is 169 Å². The number of fused-ring (bicyclic) bond motifs is 1. The summed E-state index contributed by atoms with van der Waals surface area (Å²) in [5.41, 5.74) is 7.33. The molecule has 1 saturated heterocycles. The van der Waals surface area contributed by atoms with Crippen LogP contribution in [-0.4, -0.2) is 34.9 Å². The van der Waals surface area contributed by atoms with Crippen molar-refractivity contribution in [2.24, 2.45) is 5.73 Å². The standard InChI is InChI=1S/C19H17Cl2F3N4/c20-11-2-1-10(12(21)5-11)8-28-18-7-15(24)14(23)6-17(18)26-19(28)27-4-3-13(22)16(25)9-27/h1-2,5-7,13,16H,3-4,8-9,25H2/t13-,16-/m1/s1. The number of piperidine rings is 1. The normalized spacial score (nSPS) is 20.1. The molecule has 9 heteroatoms. The molecule has 1 aromatic heterocycles. The Hall–Kier alpha value is -1.96. The fourth-order valence-electron chi connectivity index (χ4n) is 3.46. The fourth-order valence-corrected chi connectivity index (χ4v) is 3.93. The molecule has 3 aromatic rings. The molecule has 1 aliphatic heterocycles. The monoisotopic (exact) mass is 428 g/mol. The number of hydrogen-bond acceptors (Lipinski definition) is 3. The summed E-state index contributed by atoms with van der Waals surface area (Å²) >= 11 is 12.3. The van der Waals surface area contributed by atoms with Gasteiger partial charge in [0.15, 0.2) is 11.6 Å². The van der Waals surface area contributed by atoms with Crippen molar-refractivity contribution in [3.8, 4) is 0 Å². The summed E-state index contributed by atoms with van der Waals surface area (Å²) in [6, 6.07) is 6.58. The molecule has 0 saturated carbocycles. The first-order chi connectivity index (χ1) is 13.3. The Morgan fingerprint density at radius 2 is 1.89 bits per heavy atom. The molecule has 4 rings (SSSR count). The molecule has 1 fully saturated rings. The van der Waals surface area contributed by atoms with Crippen LogP contribution in [0.3, 0.4) is 0 Å². The number of hydrogen-bond donors (Lipinski definition) is 1. The number of anilines is 1. The molecule has 2 N–H and O–H groups in total. The van der Waals surface area contributed by atoms with Crippen molar-refractivity contribution in [2.45, 2.75) is 25.2 Å². The van der Waals surface area contributed by atoms with Crippen LogP contribution in [0.25, 0.3) is 11.0 Å². The van der Waals surface area contributed by atoms with E-state index in [2.05, 4.69) is 4.98 Å². The summed E-state index contributed by atoms with van der Waals surface area (Å²) in [6.07, 6.45) is -0.830. The summed E-state index contributed by atoms with van der Waals surface area (Å²) < 4.78 is 43.2. The van der Waals surface area contributed by atoms with Crippen LogP contribution in [0.4, 0.5) is 19.1 Å². The number of alkyl halides is 1. The average Bonchev–Trinajstić information content (AvgIpc) is 2.97. The lowest BCUT2D eigenvalue weighted by Gasteiger charge is -2.34. The van der Waals surface area contributed by atoms with Crippen molar-refractivity contribution in [3.05, 3.63) is 57.6 Å². The highest BCUT2D eigenvalue weighted by Gasteiger charge is 2.29. The van der Waals surface area contributed by atoms with Gasteiger partial charge in [-0.15, -0.1) is 0 Å². The first-order valence-electron chi connectivity index (χ1n) is 8.77. The zero-order valence-corrected chi connectivity index (χ0v) is 16.2. The predicted molar refractivity (Wildman–Crippen MR) is 105 cm³/mol. The van der Waals surface area contributed by atoms with E-state index in [9.17, 15) is 13.2 Å². The molecule has 2 atom stereocenters. The van der Waals surface area contributed by atoms with E-state index in [1.165, 1.54) is 0 Å². The molecule has 148 valence electrons. The lowest BCUT2D eigenvalue weighted by Crippen LogP contribution is -2.50. The maximum atomic E-state index is 13.9. The van der Waals surface area contributed by atoms with Crippen LogP contribution >= 0.6 is 23.2 Å². The molecule has 0 aliphatic carbocycles. The van der Waals surface area contributed by atoms with Gasteiger partial charge in [0.1, 0.15) is 6.17 Å². The van der Waals surface area contributed by atoms with Crippen LogP contribution in [-0.2, 0) is 6.54 Å². The minimum absolute atomic E-state index is 0.254. The first-order valence-corrected chi connectivity index (χ1v) is 9.53. The number of halogens is 5. The van der Waals surface area contributed by atoms with E-state index < -0.39 is 23.8 Å². The molecule has 2 heterocycles. The van der Waals surface area contributed by atoms with Crippen LogP contribution in [0, 0.1) is 11.6 Å². The van der Waals surface area contributed by atoms with Crippen LogP contribution in [0.2, 0.25) is 10.0 Å². The number of aromatic nitrogens is 2. The number of benzene rings is 2. The highest BCUT2D eigenvalue weighted by molar-refractivity contribution is 6.35. The van der Waals surface area contributed by atoms with E-state index in [0.29, 0.717) is 33.6 Å². The van der Waals surface area contributed by atoms with Crippen LogP contribution < -0.4 is 10.6 Å². The van der Waals surface area contributed by atoms with Gasteiger partial charge in [0, 0.05) is 35.3 Å². The molecule has 28 heavy (non-hydrogen) atoms. The highest BCUT2D eigenvalue weighted by Crippen LogP contribution is 2.30. The van der Waals surface area contributed by atoms with Gasteiger partial charge in [-0.1, -0.05) is 29.3 Å². The topological polar surface area (TPSA) is 47.1 Å². The molecular formula is C19H17Cl2F3N4. The molecule has 0 amide bonds. The minimum Gasteiger partial charge on any atom is -0.340 e. The van der Waals surface area contributed by atoms with Gasteiger partial charge in [-0.2, -0.15) is 0 Å². The van der Waals surface area contributed by atoms with Gasteiger partial charge in [0.2, 0.25) is 5.95 Å². The van der Waals surface area contributed by atoms with E-state index in [0.717, 1.165) is 17.7 Å². The summed E-state index contributed by atoms with van der Waals surface area (Å²) in [5, 5.41) is 0.940. The smallest absolute Gasteiger partial charge is 0.206 e. The predicted octanol–water partition coefficient (Wildman–Crippen LogP) is 4.55. The second-order valence-electron chi connectivity index (χ2n) is 6.90. The molecule has 0 spiro atoms. The van der Waals surface area contributed by atoms with Crippen LogP contribution in [0.15, 0.2) is 30.3 Å². The summed E-state index contributed by atoms with van der Waals surface area (Å²) in [6.45, 7) is 0.916. The number of rotatable bonds is 3. The number of nitrogens with zero attached hydrogens (tertiary/aromatic N) is 3. The highest BCUT2D eigenvalue weighted by atomic mass is 35.5. The van der Waals surface area contributed by atoms with Gasteiger partial charge in [-0.05, 0) is 24.1 Å². The van der Waals surface area contributed by atoms with Crippen LogP contribution in [0.5, 0.6) is 0 Å². The molecule has 4 nitrogen and oxygen atoms in total. The van der Waals surface area contributed by atoms with E-state index in [-0.39, 0.29) is 19.5 Å². The second kappa shape index (κ2) is 7.46. The molecule has 1 aliphatic rings. The van der Waals surface area contributed by atoms with E-state index in [4.69, 9.17) is 28.9 Å². The Morgan fingerprint density at radius 3 is 2.61 bits per heavy atom. The van der Waals surface area contributed by atoms with Crippen molar-refractivity contribution >= 4 is 40.2 Å². The van der Waals surface area contributed by atoms with Crippen molar-refractivity contribution < 1.29 is 13.2 Å². The Morgan fingerprint density at radius 1 is 1.14 bits per heavy atom. The zero-order valence-electron chi connectivity index (χ0n) is 14.7. The number of imidazole rings is 1. The van der Waals surface area contributed by atoms with Gasteiger partial charge >= 0.3 is 0 Å². The van der Waals surface area contributed by atoms with E-state index >= 15 is 0 Å². The average molecular weight is 429 g/mol. The Balaban J connectivity index is 1.83. The van der Waals surface area contributed by atoms with Gasteiger partial charge < -0.3 is 15.2 Å². The summed E-state index contributed by atoms with van der Waals surface area (Å²) in [7, 11) is 0. The lowest BCUT2D eigenvalue weighted by atomic mass is 10.1. The summed E-state index contributed by atoms with van der Waals surface area (Å²) in [5.74, 6) is -1.48. The third-order valence-electron chi connectivity index (χ3n) is 4.97. The van der Waals surface area contributed by atoms with Crippen molar-refractivity contribution in [2.75, 3.05) is 18.0 Å². The maximum Gasteiger partial charge on any atom is 0.206 e. The fraction of sp³-hybridized carbons (Fsp3) is 0.316. The molecule has 0 bridgehead atoms. The second-order valence-corrected chi connectivity index (χ2v) is 7.75. The van der Waals surface area contributed by atoms with Crippen molar-refractivity contribution in [1.82, 2.24) is 9.55 Å². The van der Waals surface area contributed by atoms with Crippen molar-refractivity contribution in [1.29, 1.82) is 0 Å². The minimum atomic E-state index is -1.09. The van der Waals surface area contributed by atoms with Gasteiger partial charge in [-0.25, -0.2) is 18.2 Å². The van der Waals surface area contributed by atoms with Crippen LogP contribution in [0.1, 0.15) is 12.0 Å². The summed E-state index contributed by atoms with van der Waals surface area (Å²) in [4.78, 5) is 6.31. The Bertz CT molecular complexity index is 1040. The molecule has 0 unspecified atom stereocenters. The first kappa shape index (κ1) is 19.4. The van der Waals surface area contributed by atoms with Gasteiger partial charge in [-0.3, -0.25) is 0 Å². The van der Waals surface area contributed by atoms with E-state index in [1.54, 1.807) is 22.8 Å². The maximum absolute atomic E-state index is 13.9. The third kappa shape index (κ3) is 3.54. The molecule has 0 radical (unpaired) electrons. The van der Waals surface area contributed by atoms with Gasteiger partial charge in [0.05, 0.1) is 23.6 Å². The van der Waals surface area contributed by atoms with Gasteiger partial charge in [0.25, 0.3) is 0 Å². The lowest BCUT2D eigenvalue weighted by molar-refractivity contribution is 0.243. The Kier molecular flexibility index (Phi) is 5.16. The van der Waals surface area contributed by atoms with E-state index in [1.807, 2.05) is 4.90 Å². The quantitative estimate of drug-likeness (QED) is 0.665. The molecule has 2 aromatic carbocycles. The number of nitrogens with two attached hydrogens (primary N) is 1. The third-order valence-corrected chi connectivity index (χ3v) is 5.55. The zero-order chi connectivity index (χ0) is 20.0. The molecular weight excluding hydrogens is 412 g/mol. The largest absolute Gasteiger partial charge is 0.340 e. The SMILES string of the molecule is N[C@@H]1CN(c2nc3cc(F)c(F)cc3n2Cc2ccc(Cl)cc2Cl)CC[C@H]1F.